The highest BCUT2D eigenvalue weighted by Crippen LogP contribution is 2.13. The van der Waals surface area contributed by atoms with Gasteiger partial charge in [-0.1, -0.05) is 13.3 Å². The first kappa shape index (κ1) is 15.8. The van der Waals surface area contributed by atoms with Crippen LogP contribution in [0.2, 0.25) is 0 Å². The van der Waals surface area contributed by atoms with Gasteiger partial charge in [0.25, 0.3) is 0 Å². The second-order valence-electron chi connectivity index (χ2n) is 5.88. The highest BCUT2D eigenvalue weighted by Gasteiger charge is 2.34. The Labute approximate surface area is 114 Å². The first-order chi connectivity index (χ1) is 8.73. The predicted molar refractivity (Wildman–Crippen MR) is 70.7 cm³/mol. The van der Waals surface area contributed by atoms with Crippen LogP contribution >= 0.6 is 0 Å². The summed E-state index contributed by atoms with van der Waals surface area (Å²) in [5, 5.41) is 11.8. The maximum atomic E-state index is 12.1. The fourth-order valence-electron chi connectivity index (χ4n) is 1.85. The third kappa shape index (κ3) is 5.06. The van der Waals surface area contributed by atoms with E-state index in [2.05, 4.69) is 5.32 Å². The van der Waals surface area contributed by atoms with E-state index in [4.69, 9.17) is 4.74 Å². The van der Waals surface area contributed by atoms with Crippen LogP contribution in [-0.2, 0) is 9.53 Å². The number of amides is 2. The predicted octanol–water partition coefficient (Wildman–Crippen LogP) is 0.883. The summed E-state index contributed by atoms with van der Waals surface area (Å²) >= 11 is 0. The Bertz CT molecular complexity index is 332. The molecule has 1 rings (SSSR count). The zero-order valence-corrected chi connectivity index (χ0v) is 12.1. The average Bonchev–Trinajstić information content (AvgIpc) is 2.20. The second kappa shape index (κ2) is 6.23. The number of nitrogens with one attached hydrogen (secondary N) is 1. The van der Waals surface area contributed by atoms with Gasteiger partial charge in [0.15, 0.2) is 0 Å². The zero-order valence-electron chi connectivity index (χ0n) is 12.1. The Kier molecular flexibility index (Phi) is 5.17. The normalized spacial score (nSPS) is 17.6. The van der Waals surface area contributed by atoms with Gasteiger partial charge in [-0.15, -0.1) is 0 Å². The molecule has 110 valence electrons. The molecular weight excluding hydrogens is 248 g/mol. The van der Waals surface area contributed by atoms with Crippen LogP contribution in [0, 0.1) is 0 Å². The van der Waals surface area contributed by atoms with Crippen LogP contribution in [0.4, 0.5) is 4.79 Å². The summed E-state index contributed by atoms with van der Waals surface area (Å²) < 4.78 is 5.15. The lowest BCUT2D eigenvalue weighted by molar-refractivity contribution is -0.143. The summed E-state index contributed by atoms with van der Waals surface area (Å²) in [6.45, 7) is 7.95. The van der Waals surface area contributed by atoms with E-state index in [9.17, 15) is 14.7 Å². The summed E-state index contributed by atoms with van der Waals surface area (Å²) in [4.78, 5) is 25.3. The summed E-state index contributed by atoms with van der Waals surface area (Å²) in [7, 11) is 0. The molecule has 1 heterocycles. The highest BCUT2D eigenvalue weighted by molar-refractivity contribution is 5.86. The number of alkyl carbamates (subject to hydrolysis) is 1. The standard InChI is InChI=1S/C13H24N2O4/c1-5-6-10(11(17)15-7-9(16)8-15)14-12(18)19-13(2,3)4/h9-10,16H,5-8H2,1-4H3,(H,14,18)/t10-/m0/s1. The van der Waals surface area contributed by atoms with Crippen molar-refractivity contribution >= 4 is 12.0 Å². The van der Waals surface area contributed by atoms with E-state index in [0.717, 1.165) is 6.42 Å². The van der Waals surface area contributed by atoms with Gasteiger partial charge in [-0.05, 0) is 27.2 Å². The van der Waals surface area contributed by atoms with Crippen molar-refractivity contribution in [1.82, 2.24) is 10.2 Å². The highest BCUT2D eigenvalue weighted by atomic mass is 16.6. The van der Waals surface area contributed by atoms with Crippen molar-refractivity contribution < 1.29 is 19.4 Å². The van der Waals surface area contributed by atoms with Crippen molar-refractivity contribution in [2.75, 3.05) is 13.1 Å². The fraction of sp³-hybridized carbons (Fsp3) is 0.846. The number of nitrogens with zero attached hydrogens (tertiary/aromatic N) is 1. The number of hydrogen-bond donors (Lipinski definition) is 2. The molecule has 0 aromatic heterocycles. The minimum Gasteiger partial charge on any atom is -0.444 e. The van der Waals surface area contributed by atoms with E-state index >= 15 is 0 Å². The SMILES string of the molecule is CCC[C@H](NC(=O)OC(C)(C)C)C(=O)N1CC(O)C1. The van der Waals surface area contributed by atoms with Crippen LogP contribution in [0.5, 0.6) is 0 Å². The van der Waals surface area contributed by atoms with Crippen molar-refractivity contribution in [2.24, 2.45) is 0 Å². The summed E-state index contributed by atoms with van der Waals surface area (Å²) in [6, 6.07) is -0.577. The summed E-state index contributed by atoms with van der Waals surface area (Å²) in [5.74, 6) is -0.155. The summed E-state index contributed by atoms with van der Waals surface area (Å²) in [5.41, 5.74) is -0.586. The molecule has 0 aromatic carbocycles. The molecule has 1 saturated heterocycles. The molecule has 19 heavy (non-hydrogen) atoms. The topological polar surface area (TPSA) is 78.9 Å². The van der Waals surface area contributed by atoms with Crippen LogP contribution in [0.15, 0.2) is 0 Å². The van der Waals surface area contributed by atoms with Crippen molar-refractivity contribution in [3.05, 3.63) is 0 Å². The number of rotatable bonds is 4. The van der Waals surface area contributed by atoms with E-state index in [1.54, 1.807) is 25.7 Å². The number of β-amino-alcohol motifs (C(OH)–C–C–N with tert-alkyl or cyclic N) is 1. The summed E-state index contributed by atoms with van der Waals surface area (Å²) in [6.07, 6.45) is 0.320. The molecule has 0 aromatic rings. The Morgan fingerprint density at radius 1 is 1.42 bits per heavy atom. The molecule has 0 aliphatic carbocycles. The molecule has 2 amide bonds. The first-order valence-corrected chi connectivity index (χ1v) is 6.69. The van der Waals surface area contributed by atoms with Crippen LogP contribution in [0.3, 0.4) is 0 Å². The van der Waals surface area contributed by atoms with Gasteiger partial charge in [0.2, 0.25) is 5.91 Å². The van der Waals surface area contributed by atoms with Gasteiger partial charge < -0.3 is 20.1 Å². The van der Waals surface area contributed by atoms with Gasteiger partial charge >= 0.3 is 6.09 Å². The Hall–Kier alpha value is -1.30. The molecule has 2 N–H and O–H groups in total. The van der Waals surface area contributed by atoms with Gasteiger partial charge in [-0.2, -0.15) is 0 Å². The van der Waals surface area contributed by atoms with Gasteiger partial charge in [0.1, 0.15) is 11.6 Å². The first-order valence-electron chi connectivity index (χ1n) is 6.69. The lowest BCUT2D eigenvalue weighted by Crippen LogP contribution is -2.59. The molecule has 0 unspecified atom stereocenters. The van der Waals surface area contributed by atoms with Crippen molar-refractivity contribution in [3.8, 4) is 0 Å². The number of carbonyl (C=O) groups is 2. The van der Waals surface area contributed by atoms with E-state index in [1.807, 2.05) is 6.92 Å². The zero-order chi connectivity index (χ0) is 14.6. The molecule has 0 radical (unpaired) electrons. The number of hydrogen-bond acceptors (Lipinski definition) is 4. The number of aliphatic hydroxyl groups is 1. The molecule has 0 spiro atoms. The average molecular weight is 272 g/mol. The lowest BCUT2D eigenvalue weighted by atomic mass is 10.1. The molecule has 6 nitrogen and oxygen atoms in total. The fourth-order valence-corrected chi connectivity index (χ4v) is 1.85. The van der Waals surface area contributed by atoms with Crippen LogP contribution in [0.1, 0.15) is 40.5 Å². The van der Waals surface area contributed by atoms with Crippen LogP contribution < -0.4 is 5.32 Å². The molecule has 0 bridgehead atoms. The molecule has 6 heteroatoms. The maximum absolute atomic E-state index is 12.1. The minimum atomic E-state index is -0.586. The Morgan fingerprint density at radius 3 is 2.42 bits per heavy atom. The smallest absolute Gasteiger partial charge is 0.408 e. The van der Waals surface area contributed by atoms with Gasteiger partial charge in [-0.3, -0.25) is 4.79 Å². The van der Waals surface area contributed by atoms with Crippen molar-refractivity contribution in [3.63, 3.8) is 0 Å². The van der Waals surface area contributed by atoms with Gasteiger partial charge in [0, 0.05) is 13.1 Å². The van der Waals surface area contributed by atoms with Crippen LogP contribution in [-0.4, -0.2) is 52.8 Å². The molecule has 1 aliphatic rings. The third-order valence-corrected chi connectivity index (χ3v) is 2.74. The molecule has 1 atom stereocenters. The maximum Gasteiger partial charge on any atom is 0.408 e. The molecule has 1 fully saturated rings. The molecular formula is C13H24N2O4. The van der Waals surface area contributed by atoms with E-state index in [1.165, 1.54) is 0 Å². The largest absolute Gasteiger partial charge is 0.444 e. The Balaban J connectivity index is 2.52. The van der Waals surface area contributed by atoms with Crippen molar-refractivity contribution in [1.29, 1.82) is 0 Å². The quantitative estimate of drug-likeness (QED) is 0.796. The second-order valence-corrected chi connectivity index (χ2v) is 5.88. The molecule has 0 saturated carbocycles. The van der Waals surface area contributed by atoms with E-state index < -0.39 is 23.8 Å². The number of ether oxygens (including phenoxy) is 1. The molecule has 1 aliphatic heterocycles. The van der Waals surface area contributed by atoms with E-state index in [-0.39, 0.29) is 5.91 Å². The van der Waals surface area contributed by atoms with Crippen LogP contribution in [0.25, 0.3) is 0 Å². The van der Waals surface area contributed by atoms with Crippen molar-refractivity contribution in [2.45, 2.75) is 58.3 Å². The Morgan fingerprint density at radius 2 is 2.00 bits per heavy atom. The number of carbonyl (C=O) groups excluding carboxylic acids is 2. The monoisotopic (exact) mass is 272 g/mol. The lowest BCUT2D eigenvalue weighted by Gasteiger charge is -2.38. The minimum absolute atomic E-state index is 0.155. The van der Waals surface area contributed by atoms with Gasteiger partial charge in [-0.25, -0.2) is 4.79 Å². The number of likely N-dealkylation sites (tertiary alicyclic amines) is 1. The van der Waals surface area contributed by atoms with Gasteiger partial charge in [0.05, 0.1) is 6.10 Å². The third-order valence-electron chi connectivity index (χ3n) is 2.74. The van der Waals surface area contributed by atoms with E-state index in [0.29, 0.717) is 19.5 Å². The number of aliphatic hydroxyl groups excluding tert-OH is 1.